The number of nitrogens with zero attached hydrogens (tertiary/aromatic N) is 1. The van der Waals surface area contributed by atoms with Gasteiger partial charge in [-0.05, 0) is 42.5 Å². The molecule has 1 fully saturated rings. The van der Waals surface area contributed by atoms with Crippen LogP contribution in [0.25, 0.3) is 0 Å². The zero-order valence-electron chi connectivity index (χ0n) is 14.1. The van der Waals surface area contributed by atoms with Crippen LogP contribution in [0.3, 0.4) is 0 Å². The van der Waals surface area contributed by atoms with E-state index < -0.39 is 5.97 Å². The number of nitrogens with one attached hydrogen (secondary N) is 1. The summed E-state index contributed by atoms with van der Waals surface area (Å²) in [5.74, 6) is 5.15. The molecule has 2 aromatic rings. The molecule has 5 nitrogen and oxygen atoms in total. The van der Waals surface area contributed by atoms with E-state index >= 15 is 0 Å². The lowest BCUT2D eigenvalue weighted by Crippen LogP contribution is -2.36. The Bertz CT molecular complexity index is 813. The molecule has 0 spiro atoms. The third-order valence-electron chi connectivity index (χ3n) is 4.11. The van der Waals surface area contributed by atoms with Crippen LogP contribution in [0.4, 0.5) is 11.4 Å². The molecular weight excluding hydrogens is 316 g/mol. The summed E-state index contributed by atoms with van der Waals surface area (Å²) in [4.78, 5) is 13.6. The second-order valence-corrected chi connectivity index (χ2v) is 5.71. The Hall–Kier alpha value is -2.97. The quantitative estimate of drug-likeness (QED) is 0.844. The Kier molecular flexibility index (Phi) is 5.22. The van der Waals surface area contributed by atoms with Crippen molar-refractivity contribution >= 4 is 17.3 Å². The highest BCUT2D eigenvalue weighted by molar-refractivity contribution is 5.94. The molecule has 5 heteroatoms. The molecular formula is C20H20N2O3. The number of anilines is 2. The molecule has 128 valence electrons. The van der Waals surface area contributed by atoms with Crippen molar-refractivity contribution in [1.29, 1.82) is 0 Å². The number of rotatable bonds is 3. The number of benzene rings is 2. The molecule has 1 saturated heterocycles. The second kappa shape index (κ2) is 7.73. The molecule has 0 aliphatic carbocycles. The lowest BCUT2D eigenvalue weighted by atomic mass is 10.1. The normalized spacial score (nSPS) is 13.7. The summed E-state index contributed by atoms with van der Waals surface area (Å²) in [6.45, 7) is 3.33. The number of morpholine rings is 1. The predicted molar refractivity (Wildman–Crippen MR) is 98.4 cm³/mol. The average Bonchev–Trinajstić information content (AvgIpc) is 2.67. The molecule has 25 heavy (non-hydrogen) atoms. The molecule has 0 radical (unpaired) electrons. The molecule has 0 atom stereocenters. The highest BCUT2D eigenvalue weighted by atomic mass is 16.5. The molecule has 1 aliphatic rings. The number of hydrogen-bond donors (Lipinski definition) is 2. The van der Waals surface area contributed by atoms with Gasteiger partial charge >= 0.3 is 5.97 Å². The van der Waals surface area contributed by atoms with Crippen molar-refractivity contribution in [3.8, 4) is 11.8 Å². The van der Waals surface area contributed by atoms with Crippen molar-refractivity contribution in [3.05, 3.63) is 59.2 Å². The number of carboxylic acid groups (broad SMARTS) is 1. The fourth-order valence-corrected chi connectivity index (χ4v) is 2.74. The largest absolute Gasteiger partial charge is 0.478 e. The fourth-order valence-electron chi connectivity index (χ4n) is 2.74. The second-order valence-electron chi connectivity index (χ2n) is 5.71. The van der Waals surface area contributed by atoms with E-state index in [1.165, 1.54) is 5.69 Å². The van der Waals surface area contributed by atoms with Crippen LogP contribution < -0.4 is 10.2 Å². The van der Waals surface area contributed by atoms with Gasteiger partial charge in [-0.2, -0.15) is 0 Å². The van der Waals surface area contributed by atoms with E-state index in [1.54, 1.807) is 19.2 Å². The van der Waals surface area contributed by atoms with Gasteiger partial charge < -0.3 is 20.1 Å². The third-order valence-corrected chi connectivity index (χ3v) is 4.11. The topological polar surface area (TPSA) is 61.8 Å². The zero-order chi connectivity index (χ0) is 17.6. The number of aromatic carboxylic acids is 1. The molecule has 0 aromatic heterocycles. The van der Waals surface area contributed by atoms with Gasteiger partial charge in [-0.15, -0.1) is 0 Å². The summed E-state index contributed by atoms with van der Waals surface area (Å²) in [5, 5.41) is 12.1. The van der Waals surface area contributed by atoms with Crippen molar-refractivity contribution in [1.82, 2.24) is 0 Å². The van der Waals surface area contributed by atoms with Gasteiger partial charge in [0.25, 0.3) is 0 Å². The monoisotopic (exact) mass is 336 g/mol. The van der Waals surface area contributed by atoms with Gasteiger partial charge in [-0.1, -0.05) is 11.8 Å². The maximum atomic E-state index is 11.3. The van der Waals surface area contributed by atoms with Crippen molar-refractivity contribution in [3.63, 3.8) is 0 Å². The fraction of sp³-hybridized carbons (Fsp3) is 0.250. The van der Waals surface area contributed by atoms with Crippen LogP contribution in [0.15, 0.2) is 42.5 Å². The summed E-state index contributed by atoms with van der Waals surface area (Å²) in [7, 11) is 1.70. The molecule has 0 unspecified atom stereocenters. The van der Waals surface area contributed by atoms with E-state index in [0.29, 0.717) is 11.3 Å². The number of carboxylic acids is 1. The van der Waals surface area contributed by atoms with E-state index in [-0.39, 0.29) is 5.56 Å². The molecule has 2 aromatic carbocycles. The molecule has 0 saturated carbocycles. The molecule has 1 heterocycles. The summed E-state index contributed by atoms with van der Waals surface area (Å²) in [5.41, 5.74) is 3.53. The van der Waals surface area contributed by atoms with Gasteiger partial charge in [-0.25, -0.2) is 4.79 Å². The minimum Gasteiger partial charge on any atom is -0.478 e. The van der Waals surface area contributed by atoms with Crippen LogP contribution in [0, 0.1) is 11.8 Å². The van der Waals surface area contributed by atoms with Crippen molar-refractivity contribution in [2.24, 2.45) is 0 Å². The highest BCUT2D eigenvalue weighted by Gasteiger charge is 2.11. The summed E-state index contributed by atoms with van der Waals surface area (Å²) >= 11 is 0. The highest BCUT2D eigenvalue weighted by Crippen LogP contribution is 2.18. The Morgan fingerprint density at radius 1 is 1.08 bits per heavy atom. The van der Waals surface area contributed by atoms with Crippen molar-refractivity contribution in [2.45, 2.75) is 0 Å². The summed E-state index contributed by atoms with van der Waals surface area (Å²) < 4.78 is 5.37. The van der Waals surface area contributed by atoms with E-state index in [0.717, 1.165) is 31.9 Å². The van der Waals surface area contributed by atoms with Crippen molar-refractivity contribution in [2.75, 3.05) is 43.6 Å². The van der Waals surface area contributed by atoms with E-state index in [4.69, 9.17) is 4.74 Å². The smallest absolute Gasteiger partial charge is 0.337 e. The number of ether oxygens (including phenoxy) is 1. The van der Waals surface area contributed by atoms with Gasteiger partial charge in [0.1, 0.15) is 0 Å². The van der Waals surface area contributed by atoms with Gasteiger partial charge in [0.15, 0.2) is 0 Å². The van der Waals surface area contributed by atoms with Crippen molar-refractivity contribution < 1.29 is 14.6 Å². The van der Waals surface area contributed by atoms with E-state index in [1.807, 2.05) is 18.2 Å². The SMILES string of the molecule is CNc1ccc(C#Cc2ccc(N3CCOCC3)cc2)cc1C(=O)O. The molecule has 2 N–H and O–H groups in total. The summed E-state index contributed by atoms with van der Waals surface area (Å²) in [6.07, 6.45) is 0. The first-order valence-electron chi connectivity index (χ1n) is 8.17. The van der Waals surface area contributed by atoms with Crippen LogP contribution in [0.2, 0.25) is 0 Å². The van der Waals surface area contributed by atoms with Crippen LogP contribution in [0.1, 0.15) is 21.5 Å². The first-order chi connectivity index (χ1) is 12.2. The van der Waals surface area contributed by atoms with Gasteiger partial charge in [-0.3, -0.25) is 0 Å². The lowest BCUT2D eigenvalue weighted by Gasteiger charge is -2.28. The number of carbonyl (C=O) groups is 1. The molecule has 3 rings (SSSR count). The molecule has 0 bridgehead atoms. The van der Waals surface area contributed by atoms with Crippen LogP contribution >= 0.6 is 0 Å². The Labute approximate surface area is 147 Å². The summed E-state index contributed by atoms with van der Waals surface area (Å²) in [6, 6.07) is 13.2. The van der Waals surface area contributed by atoms with Gasteiger partial charge in [0.05, 0.1) is 18.8 Å². The Morgan fingerprint density at radius 2 is 1.72 bits per heavy atom. The predicted octanol–water partition coefficient (Wildman–Crippen LogP) is 2.66. The van der Waals surface area contributed by atoms with Gasteiger partial charge in [0, 0.05) is 42.6 Å². The number of hydrogen-bond acceptors (Lipinski definition) is 4. The first-order valence-corrected chi connectivity index (χ1v) is 8.17. The first kappa shape index (κ1) is 16.9. The minimum atomic E-state index is -0.970. The van der Waals surface area contributed by atoms with Gasteiger partial charge in [0.2, 0.25) is 0 Å². The maximum absolute atomic E-state index is 11.3. The maximum Gasteiger partial charge on any atom is 0.337 e. The Balaban J connectivity index is 1.77. The molecule has 1 aliphatic heterocycles. The van der Waals surface area contributed by atoms with E-state index in [9.17, 15) is 9.90 Å². The lowest BCUT2D eigenvalue weighted by molar-refractivity contribution is 0.0698. The van der Waals surface area contributed by atoms with Crippen LogP contribution in [0.5, 0.6) is 0 Å². The zero-order valence-corrected chi connectivity index (χ0v) is 14.1. The minimum absolute atomic E-state index is 0.219. The van der Waals surface area contributed by atoms with E-state index in [2.05, 4.69) is 34.2 Å². The molecule has 0 amide bonds. The third kappa shape index (κ3) is 4.11. The Morgan fingerprint density at radius 3 is 2.36 bits per heavy atom. The van der Waals surface area contributed by atoms with Crippen LogP contribution in [-0.2, 0) is 4.74 Å². The standard InChI is InChI=1S/C20H20N2O3/c1-21-19-9-6-16(14-18(19)20(23)24)3-2-15-4-7-17(8-5-15)22-10-12-25-13-11-22/h4-9,14,21H,10-13H2,1H3,(H,23,24). The van der Waals surface area contributed by atoms with Crippen LogP contribution in [-0.4, -0.2) is 44.4 Å². The average molecular weight is 336 g/mol.